The van der Waals surface area contributed by atoms with Gasteiger partial charge in [-0.15, -0.1) is 9.36 Å². The van der Waals surface area contributed by atoms with Crippen LogP contribution in [0.15, 0.2) is 148 Å². The van der Waals surface area contributed by atoms with Crippen LogP contribution in [0.2, 0.25) is 0 Å². The van der Waals surface area contributed by atoms with Crippen LogP contribution in [-0.4, -0.2) is 60.7 Å². The molecule has 21 heteroatoms. The molecule has 9 aromatic heterocycles. The number of hydrogen-bond acceptors (Lipinski definition) is 12. The Morgan fingerprint density at radius 1 is 0.319 bits per heavy atom. The zero-order valence-electron chi connectivity index (χ0n) is 45.7. The number of aromatic nitrogens is 21. The Kier molecular flexibility index (Phi) is 30.4. The van der Waals surface area contributed by atoms with Crippen molar-refractivity contribution >= 4 is 0 Å². The Balaban J connectivity index is 0.000000405. The molecule has 9 heterocycles. The van der Waals surface area contributed by atoms with Crippen molar-refractivity contribution in [1.29, 1.82) is 0 Å². The molecule has 0 radical (unpaired) electrons. The molecule has 0 N–H and O–H groups in total. The van der Waals surface area contributed by atoms with E-state index in [1.54, 1.807) is 82.5 Å². The second-order valence-electron chi connectivity index (χ2n) is 15.9. The summed E-state index contributed by atoms with van der Waals surface area (Å²) in [4.78, 5) is 19.7. The van der Waals surface area contributed by atoms with E-state index in [-0.39, 0.29) is 0 Å². The summed E-state index contributed by atoms with van der Waals surface area (Å²) >= 11 is 0. The minimum absolute atomic E-state index is 0.924. The van der Waals surface area contributed by atoms with Gasteiger partial charge in [0.2, 0.25) is 11.4 Å². The van der Waals surface area contributed by atoms with Gasteiger partial charge in [-0.3, -0.25) is 4.98 Å². The van der Waals surface area contributed by atoms with Gasteiger partial charge >= 0.3 is 12.2 Å². The SMILES string of the molecule is Cc1cccc[n+]1C.Cc1cccn[n+]1C.Cc1ccnc[n+]1C.Cc1ccnn[n+]1C.Cc1cncc[n+]1C.Cc1cncn[n+]1C.Cc1cnnc[n+]1C.Cc1nccc[n+]1C.Cc1nccn[n+]1C. The molecule has 0 saturated carbocycles. The molecular weight excluding hydrogens is 907 g/mol. The fourth-order valence-corrected chi connectivity index (χ4v) is 4.34. The van der Waals surface area contributed by atoms with E-state index >= 15 is 0 Å². The van der Waals surface area contributed by atoms with Crippen LogP contribution < -0.4 is 41.6 Å². The molecule has 0 saturated heterocycles. The first-order valence-corrected chi connectivity index (χ1v) is 22.8. The molecule has 0 aliphatic rings. The summed E-state index contributed by atoms with van der Waals surface area (Å²) in [5.41, 5.74) is 8.14. The van der Waals surface area contributed by atoms with Gasteiger partial charge in [0, 0.05) is 83.0 Å². The lowest BCUT2D eigenvalue weighted by Gasteiger charge is -1.88. The molecule has 9 rings (SSSR count). The first-order chi connectivity index (χ1) is 34.2. The second kappa shape index (κ2) is 35.6. The van der Waals surface area contributed by atoms with Crippen LogP contribution in [0.5, 0.6) is 0 Å². The van der Waals surface area contributed by atoms with Crippen LogP contribution in [0, 0.1) is 62.3 Å². The van der Waals surface area contributed by atoms with Gasteiger partial charge < -0.3 is 0 Å². The smallest absolute Gasteiger partial charge is 0.252 e. The maximum absolute atomic E-state index is 4.04. The molecule has 0 aliphatic heterocycles. The van der Waals surface area contributed by atoms with Gasteiger partial charge in [-0.2, -0.15) is 0 Å². The van der Waals surface area contributed by atoms with Gasteiger partial charge in [-0.1, -0.05) is 35.5 Å². The highest BCUT2D eigenvalue weighted by atomic mass is 15.4. The van der Waals surface area contributed by atoms with Crippen molar-refractivity contribution in [2.75, 3.05) is 0 Å². The van der Waals surface area contributed by atoms with Crippen molar-refractivity contribution in [1.82, 2.24) is 60.7 Å². The summed E-state index contributed by atoms with van der Waals surface area (Å²) in [6.45, 7) is 18.0. The lowest BCUT2D eigenvalue weighted by atomic mass is 10.4. The van der Waals surface area contributed by atoms with Crippen molar-refractivity contribution in [3.63, 3.8) is 0 Å². The fourth-order valence-electron chi connectivity index (χ4n) is 4.34. The van der Waals surface area contributed by atoms with Gasteiger partial charge in [-0.25, -0.2) is 27.8 Å². The Hall–Kier alpha value is -8.49. The predicted octanol–water partition coefficient (Wildman–Crippen LogP) is 0.116. The highest BCUT2D eigenvalue weighted by molar-refractivity contribution is 4.94. The van der Waals surface area contributed by atoms with Crippen LogP contribution in [0.3, 0.4) is 0 Å². The molecular formula is C51H78N21+9. The largest absolute Gasteiger partial charge is 0.315 e. The summed E-state index contributed by atoms with van der Waals surface area (Å²) in [5.74, 6) is 1.96. The molecule has 0 unspecified atom stereocenters. The van der Waals surface area contributed by atoms with Crippen LogP contribution in [0.4, 0.5) is 0 Å². The van der Waals surface area contributed by atoms with E-state index in [4.69, 9.17) is 0 Å². The highest BCUT2D eigenvalue weighted by Crippen LogP contribution is 1.85. The van der Waals surface area contributed by atoms with Crippen molar-refractivity contribution < 1.29 is 41.6 Å². The van der Waals surface area contributed by atoms with Gasteiger partial charge in [0.15, 0.2) is 56.6 Å². The van der Waals surface area contributed by atoms with Gasteiger partial charge in [0.25, 0.3) is 12.2 Å². The maximum atomic E-state index is 4.04. The van der Waals surface area contributed by atoms with E-state index in [1.165, 1.54) is 29.1 Å². The Morgan fingerprint density at radius 2 is 0.903 bits per heavy atom. The number of aryl methyl sites for hydroxylation is 18. The highest BCUT2D eigenvalue weighted by Gasteiger charge is 1.99. The molecule has 0 spiro atoms. The summed E-state index contributed by atoms with van der Waals surface area (Å²) in [7, 11) is 17.5. The zero-order valence-corrected chi connectivity index (χ0v) is 45.7. The van der Waals surface area contributed by atoms with Gasteiger partial charge in [-0.05, 0) is 37.0 Å². The van der Waals surface area contributed by atoms with E-state index in [0.29, 0.717) is 0 Å². The minimum atomic E-state index is 0.924. The monoisotopic (exact) mass is 985 g/mol. The predicted molar refractivity (Wildman–Crippen MR) is 265 cm³/mol. The first-order valence-electron chi connectivity index (χ1n) is 22.8. The summed E-state index contributed by atoms with van der Waals surface area (Å²) < 4.78 is 17.0. The van der Waals surface area contributed by atoms with Crippen LogP contribution in [0.25, 0.3) is 0 Å². The van der Waals surface area contributed by atoms with Crippen molar-refractivity contribution in [2.45, 2.75) is 62.3 Å². The number of rotatable bonds is 0. The molecule has 0 aromatic carbocycles. The summed E-state index contributed by atoms with van der Waals surface area (Å²) in [5, 5.41) is 26.5. The Labute approximate surface area is 426 Å². The molecule has 0 atom stereocenters. The standard InChI is InChI=1S/C7H10N.4C6H9N2.4C5H8N3/c1-7-5-3-4-6-8(7)2;1-6-5-7-3-4-8(6)2;1-6-3-4-7-5-8(6)2;1-6-7-4-3-5-8(6)2;1-6-4-3-5-7-8(6)2;1-5-3-6-7-4-8(5)2;1-5-3-6-4-7-8(5)2;1-5-6-3-4-7-8(5)2;1-5-3-4-6-7-8(5)2/h3-6H,1-2H3;4*3-5H,1-2H3;4*3-4H,1-2H3/q9*+1. The zero-order chi connectivity index (χ0) is 53.8. The molecule has 21 nitrogen and oxygen atoms in total. The van der Waals surface area contributed by atoms with Crippen LogP contribution in [0.1, 0.15) is 51.5 Å². The van der Waals surface area contributed by atoms with Crippen molar-refractivity contribution in [3.05, 3.63) is 200 Å². The summed E-state index contributed by atoms with van der Waals surface area (Å²) in [6.07, 6.45) is 28.4. The van der Waals surface area contributed by atoms with E-state index in [1.807, 2.05) is 209 Å². The topological polar surface area (TPSA) is 190 Å². The second-order valence-corrected chi connectivity index (χ2v) is 15.9. The third-order valence-electron chi connectivity index (χ3n) is 10.3. The van der Waals surface area contributed by atoms with E-state index < -0.39 is 0 Å². The van der Waals surface area contributed by atoms with Crippen LogP contribution in [-0.2, 0) is 63.4 Å². The van der Waals surface area contributed by atoms with E-state index in [2.05, 4.69) is 78.3 Å². The lowest BCUT2D eigenvalue weighted by Crippen LogP contribution is -2.36. The number of pyridine rings is 1. The van der Waals surface area contributed by atoms with E-state index in [9.17, 15) is 0 Å². The Bertz CT molecular complexity index is 2090. The average Bonchev–Trinajstić information content (AvgIpc) is 3.37. The molecule has 72 heavy (non-hydrogen) atoms. The van der Waals surface area contributed by atoms with Gasteiger partial charge in [0.1, 0.15) is 75.3 Å². The minimum Gasteiger partial charge on any atom is -0.252 e. The molecule has 378 valence electrons. The summed E-state index contributed by atoms with van der Waals surface area (Å²) in [6, 6.07) is 15.9. The molecule has 9 aromatic rings. The molecule has 0 amide bonds. The van der Waals surface area contributed by atoms with Crippen LogP contribution >= 0.6 is 0 Å². The first kappa shape index (κ1) is 61.5. The Morgan fingerprint density at radius 3 is 1.28 bits per heavy atom. The van der Waals surface area contributed by atoms with Crippen molar-refractivity contribution in [2.24, 2.45) is 63.4 Å². The molecule has 0 fully saturated rings. The number of hydrogen-bond donors (Lipinski definition) is 0. The fraction of sp³-hybridized carbons (Fsp3) is 0.353. The molecule has 0 bridgehead atoms. The lowest BCUT2D eigenvalue weighted by molar-refractivity contribution is -0.741. The van der Waals surface area contributed by atoms with E-state index in [0.717, 1.165) is 28.7 Å². The maximum Gasteiger partial charge on any atom is 0.315 e. The molecule has 0 aliphatic carbocycles. The van der Waals surface area contributed by atoms with Crippen molar-refractivity contribution in [3.8, 4) is 0 Å². The third-order valence-corrected chi connectivity index (χ3v) is 10.3. The quantitative estimate of drug-likeness (QED) is 0.187. The number of nitrogens with zero attached hydrogens (tertiary/aromatic N) is 21. The normalized spacial score (nSPS) is 9.25. The third kappa shape index (κ3) is 27.5. The average molecular weight is 985 g/mol. The van der Waals surface area contributed by atoms with Gasteiger partial charge in [0.05, 0.1) is 62.3 Å².